The second-order valence-electron chi connectivity index (χ2n) is 11.3. The normalized spacial score (nSPS) is 16.6. The highest BCUT2D eigenvalue weighted by molar-refractivity contribution is 5.89. The fourth-order valence-electron chi connectivity index (χ4n) is 5.84. The summed E-state index contributed by atoms with van der Waals surface area (Å²) >= 11 is 0. The van der Waals surface area contributed by atoms with Crippen molar-refractivity contribution in [3.05, 3.63) is 111 Å². The molecule has 0 spiro atoms. The Kier molecular flexibility index (Phi) is 8.35. The Balaban J connectivity index is 1.55. The van der Waals surface area contributed by atoms with Gasteiger partial charge in [-0.25, -0.2) is 14.0 Å². The Morgan fingerprint density at radius 2 is 1.62 bits per heavy atom. The minimum absolute atomic E-state index is 0.0632. The number of carboxylic acids is 1. The van der Waals surface area contributed by atoms with Crippen LogP contribution < -0.4 is 4.74 Å². The summed E-state index contributed by atoms with van der Waals surface area (Å²) in [5.74, 6) is -1.41. The highest BCUT2D eigenvalue weighted by Gasteiger charge is 2.41. The number of hydrogen-bond donors (Lipinski definition) is 1. The lowest BCUT2D eigenvalue weighted by Crippen LogP contribution is -2.31. The predicted octanol–water partition coefficient (Wildman–Crippen LogP) is 8.89. The van der Waals surface area contributed by atoms with Crippen molar-refractivity contribution < 1.29 is 41.7 Å². The number of carbonyl (C=O) groups excluding carboxylic acids is 1. The molecule has 4 aromatic rings. The fourth-order valence-corrected chi connectivity index (χ4v) is 5.84. The molecule has 2 atom stereocenters. The molecular formula is C35H31F4NO5. The summed E-state index contributed by atoms with van der Waals surface area (Å²) in [6.07, 6.45) is -6.14. The zero-order chi connectivity index (χ0) is 32.8. The molecule has 6 nitrogen and oxygen atoms in total. The molecule has 1 aliphatic heterocycles. The maximum absolute atomic E-state index is 15.5. The topological polar surface area (TPSA) is 76.1 Å². The Hall–Kier alpha value is -4.86. The third-order valence-corrected chi connectivity index (χ3v) is 8.09. The van der Waals surface area contributed by atoms with Crippen LogP contribution in [0.5, 0.6) is 5.75 Å². The van der Waals surface area contributed by atoms with Gasteiger partial charge in [-0.05, 0) is 85.8 Å². The van der Waals surface area contributed by atoms with Gasteiger partial charge >= 0.3 is 18.2 Å². The monoisotopic (exact) mass is 621 g/mol. The van der Waals surface area contributed by atoms with E-state index >= 15 is 4.39 Å². The SMILES string of the molecule is COc1cc(F)c(-c2ccc(C(=O)O)cc2C)cc1-c1ccc(C)cc1CN1C(=O)O[C@H](c2cc(C)cc(C(F)(F)F)c2)[C@@H]1C. The molecular weight excluding hydrogens is 590 g/mol. The summed E-state index contributed by atoms with van der Waals surface area (Å²) in [5, 5.41) is 9.36. The molecule has 1 saturated heterocycles. The number of halogens is 4. The minimum atomic E-state index is -4.55. The minimum Gasteiger partial charge on any atom is -0.496 e. The average molecular weight is 622 g/mol. The zero-order valence-electron chi connectivity index (χ0n) is 25.3. The molecule has 4 aromatic carbocycles. The first-order chi connectivity index (χ1) is 21.2. The number of aromatic carboxylic acids is 1. The number of carbonyl (C=O) groups is 2. The Labute approximate surface area is 257 Å². The Morgan fingerprint density at radius 3 is 2.27 bits per heavy atom. The lowest BCUT2D eigenvalue weighted by molar-refractivity contribution is -0.137. The number of aryl methyl sites for hydroxylation is 3. The quantitative estimate of drug-likeness (QED) is 0.209. The van der Waals surface area contributed by atoms with Crippen molar-refractivity contribution in [3.63, 3.8) is 0 Å². The molecule has 1 amide bonds. The van der Waals surface area contributed by atoms with E-state index < -0.39 is 41.8 Å². The standard InChI is InChI=1S/C35H31F4NO5/c1-18-6-8-27(29-15-28(30(36)16-31(29)44-5)26-9-7-22(33(41)42)13-20(26)3)24(10-18)17-40-21(4)32(45-34(40)43)23-11-19(2)12-25(14-23)35(37,38)39/h6-16,21,32H,17H2,1-5H3,(H,41,42)/t21-,32-/m0/s1. The molecule has 0 aliphatic carbocycles. The summed E-state index contributed by atoms with van der Waals surface area (Å²) < 4.78 is 67.2. The van der Waals surface area contributed by atoms with Gasteiger partial charge in [0.2, 0.25) is 0 Å². The van der Waals surface area contributed by atoms with E-state index in [1.807, 2.05) is 25.1 Å². The number of methoxy groups -OCH3 is 1. The molecule has 10 heteroatoms. The van der Waals surface area contributed by atoms with Crippen molar-refractivity contribution >= 4 is 12.1 Å². The molecule has 0 bridgehead atoms. The molecule has 5 rings (SSSR count). The van der Waals surface area contributed by atoms with Gasteiger partial charge < -0.3 is 14.6 Å². The van der Waals surface area contributed by atoms with Crippen LogP contribution in [0.15, 0.2) is 66.7 Å². The van der Waals surface area contributed by atoms with Gasteiger partial charge in [-0.1, -0.05) is 41.5 Å². The van der Waals surface area contributed by atoms with E-state index in [9.17, 15) is 27.9 Å². The van der Waals surface area contributed by atoms with Gasteiger partial charge in [-0.2, -0.15) is 13.2 Å². The van der Waals surface area contributed by atoms with Crippen LogP contribution in [0.3, 0.4) is 0 Å². The van der Waals surface area contributed by atoms with Crippen molar-refractivity contribution in [2.45, 2.75) is 52.6 Å². The predicted molar refractivity (Wildman–Crippen MR) is 161 cm³/mol. The number of amides is 1. The van der Waals surface area contributed by atoms with Crippen molar-refractivity contribution in [3.8, 4) is 28.0 Å². The number of nitrogens with zero attached hydrogens (tertiary/aromatic N) is 1. The second-order valence-corrected chi connectivity index (χ2v) is 11.3. The fraction of sp³-hybridized carbons (Fsp3) is 0.257. The number of cyclic esters (lactones) is 1. The smallest absolute Gasteiger partial charge is 0.416 e. The van der Waals surface area contributed by atoms with Crippen LogP contribution >= 0.6 is 0 Å². The highest BCUT2D eigenvalue weighted by Crippen LogP contribution is 2.42. The molecule has 0 unspecified atom stereocenters. The second kappa shape index (κ2) is 11.9. The average Bonchev–Trinajstić information content (AvgIpc) is 3.25. The third-order valence-electron chi connectivity index (χ3n) is 8.09. The van der Waals surface area contributed by atoms with Crippen molar-refractivity contribution in [2.24, 2.45) is 0 Å². The van der Waals surface area contributed by atoms with Crippen LogP contribution in [0.2, 0.25) is 0 Å². The zero-order valence-corrected chi connectivity index (χ0v) is 25.3. The summed E-state index contributed by atoms with van der Waals surface area (Å²) in [7, 11) is 1.42. The summed E-state index contributed by atoms with van der Waals surface area (Å²) in [4.78, 5) is 26.1. The molecule has 1 aliphatic rings. The van der Waals surface area contributed by atoms with Crippen LogP contribution in [-0.4, -0.2) is 35.2 Å². The molecule has 45 heavy (non-hydrogen) atoms. The lowest BCUT2D eigenvalue weighted by atomic mass is 9.91. The number of carboxylic acid groups (broad SMARTS) is 1. The van der Waals surface area contributed by atoms with E-state index in [4.69, 9.17) is 9.47 Å². The van der Waals surface area contributed by atoms with Gasteiger partial charge in [0.1, 0.15) is 17.7 Å². The lowest BCUT2D eigenvalue weighted by Gasteiger charge is -2.24. The molecule has 0 saturated carbocycles. The number of benzene rings is 4. The Bertz CT molecular complexity index is 1820. The van der Waals surface area contributed by atoms with Crippen LogP contribution in [0.25, 0.3) is 22.3 Å². The van der Waals surface area contributed by atoms with Crippen molar-refractivity contribution in [1.82, 2.24) is 4.90 Å². The maximum atomic E-state index is 15.5. The van der Waals surface area contributed by atoms with Gasteiger partial charge in [0.15, 0.2) is 0 Å². The van der Waals surface area contributed by atoms with Gasteiger partial charge in [0, 0.05) is 17.2 Å². The summed E-state index contributed by atoms with van der Waals surface area (Å²) in [5.41, 5.74) is 3.99. The van der Waals surface area contributed by atoms with Gasteiger partial charge in [0.25, 0.3) is 0 Å². The summed E-state index contributed by atoms with van der Waals surface area (Å²) in [6.45, 7) is 6.93. The number of alkyl halides is 3. The molecule has 1 N–H and O–H groups in total. The third kappa shape index (κ3) is 6.22. The van der Waals surface area contributed by atoms with E-state index in [1.165, 1.54) is 30.2 Å². The molecule has 0 radical (unpaired) electrons. The van der Waals surface area contributed by atoms with E-state index in [1.54, 1.807) is 39.0 Å². The molecule has 1 heterocycles. The number of ether oxygens (including phenoxy) is 2. The van der Waals surface area contributed by atoms with Gasteiger partial charge in [0.05, 0.1) is 30.8 Å². The Morgan fingerprint density at radius 1 is 0.911 bits per heavy atom. The number of rotatable bonds is 7. The highest BCUT2D eigenvalue weighted by atomic mass is 19.4. The van der Waals surface area contributed by atoms with Crippen LogP contribution in [0.4, 0.5) is 22.4 Å². The van der Waals surface area contributed by atoms with Gasteiger partial charge in [-0.3, -0.25) is 4.90 Å². The summed E-state index contributed by atoms with van der Waals surface area (Å²) in [6, 6.07) is 16.0. The maximum Gasteiger partial charge on any atom is 0.416 e. The van der Waals surface area contributed by atoms with Gasteiger partial charge in [-0.15, -0.1) is 0 Å². The molecule has 1 fully saturated rings. The van der Waals surface area contributed by atoms with Crippen LogP contribution in [0, 0.1) is 26.6 Å². The molecule has 0 aromatic heterocycles. The largest absolute Gasteiger partial charge is 0.496 e. The van der Waals surface area contributed by atoms with E-state index in [0.717, 1.165) is 17.7 Å². The van der Waals surface area contributed by atoms with E-state index in [-0.39, 0.29) is 29.0 Å². The first-order valence-electron chi connectivity index (χ1n) is 14.2. The van der Waals surface area contributed by atoms with Crippen molar-refractivity contribution in [2.75, 3.05) is 7.11 Å². The molecule has 234 valence electrons. The number of hydrogen-bond acceptors (Lipinski definition) is 4. The van der Waals surface area contributed by atoms with Crippen molar-refractivity contribution in [1.29, 1.82) is 0 Å². The first-order valence-corrected chi connectivity index (χ1v) is 14.2. The van der Waals surface area contributed by atoms with E-state index in [2.05, 4.69) is 0 Å². The van der Waals surface area contributed by atoms with Crippen LogP contribution in [0.1, 0.15) is 56.8 Å². The van der Waals surface area contributed by atoms with Crippen LogP contribution in [-0.2, 0) is 17.5 Å². The van der Waals surface area contributed by atoms with E-state index in [0.29, 0.717) is 33.4 Å². The first kappa shape index (κ1) is 31.6.